The molecule has 5 nitrogen and oxygen atoms in total. The van der Waals surface area contributed by atoms with Crippen molar-refractivity contribution in [3.63, 3.8) is 0 Å². The number of carbonyl (C=O) groups is 1. The standard InChI is InChI=1S/C19H14N2O2S.C3H6F3N/c1-23-16-4-2-12(3-5-16)18-8-13-6-14(9-20-19(13)21-18)15-7-17(10-22)24-11-15;1-7-2-3(4,5)6/h2-11H,1H3,(H,20,21);7H,2H2,1H3. The molecule has 0 radical (unpaired) electrons. The number of hydrogen-bond donors (Lipinski definition) is 2. The zero-order chi connectivity index (χ0) is 22.4. The lowest BCUT2D eigenvalue weighted by Crippen LogP contribution is -2.25. The van der Waals surface area contributed by atoms with Crippen LogP contribution in [0, 0.1) is 0 Å². The second-order valence-electron chi connectivity index (χ2n) is 6.57. The van der Waals surface area contributed by atoms with Gasteiger partial charge in [-0.25, -0.2) is 4.98 Å². The number of fused-ring (bicyclic) bond motifs is 1. The Morgan fingerprint density at radius 3 is 2.42 bits per heavy atom. The van der Waals surface area contributed by atoms with Gasteiger partial charge in [0.1, 0.15) is 11.4 Å². The van der Waals surface area contributed by atoms with Crippen LogP contribution < -0.4 is 10.1 Å². The number of carbonyl (C=O) groups excluding carboxylic acids is 1. The molecule has 2 N–H and O–H groups in total. The van der Waals surface area contributed by atoms with E-state index in [-0.39, 0.29) is 0 Å². The van der Waals surface area contributed by atoms with Crippen LogP contribution in [0.15, 0.2) is 54.0 Å². The van der Waals surface area contributed by atoms with Crippen molar-refractivity contribution < 1.29 is 22.7 Å². The average molecular weight is 447 g/mol. The third-order valence-corrected chi connectivity index (χ3v) is 5.18. The fourth-order valence-electron chi connectivity index (χ4n) is 2.87. The van der Waals surface area contributed by atoms with E-state index in [2.05, 4.69) is 22.1 Å². The van der Waals surface area contributed by atoms with Crippen LogP contribution in [0.5, 0.6) is 5.75 Å². The predicted molar refractivity (Wildman–Crippen MR) is 117 cm³/mol. The van der Waals surface area contributed by atoms with E-state index in [0.717, 1.165) is 50.3 Å². The number of hydrogen-bond acceptors (Lipinski definition) is 5. The van der Waals surface area contributed by atoms with Gasteiger partial charge in [0, 0.05) is 22.8 Å². The molecule has 0 aliphatic carbocycles. The maximum absolute atomic E-state index is 11.0. The Hall–Kier alpha value is -3.17. The van der Waals surface area contributed by atoms with Gasteiger partial charge in [-0.3, -0.25) is 4.79 Å². The van der Waals surface area contributed by atoms with Crippen LogP contribution in [0.4, 0.5) is 13.2 Å². The summed E-state index contributed by atoms with van der Waals surface area (Å²) in [6, 6.07) is 14.0. The Balaban J connectivity index is 0.000000339. The molecule has 4 rings (SSSR count). The molecule has 0 bridgehead atoms. The average Bonchev–Trinajstić information content (AvgIpc) is 3.40. The SMILES string of the molecule is CNCC(F)(F)F.COc1ccc(-c2cc3cc(-c4csc(C=O)c4)cnc3[nH]2)cc1. The fourth-order valence-corrected chi connectivity index (χ4v) is 3.58. The molecular weight excluding hydrogens is 427 g/mol. The van der Waals surface area contributed by atoms with Gasteiger partial charge in [0.05, 0.1) is 18.5 Å². The molecule has 4 aromatic rings. The fraction of sp³-hybridized carbons (Fsp3) is 0.182. The summed E-state index contributed by atoms with van der Waals surface area (Å²) in [5, 5.41) is 5.00. The molecular formula is C22H20F3N3O2S. The van der Waals surface area contributed by atoms with Gasteiger partial charge in [0.2, 0.25) is 0 Å². The van der Waals surface area contributed by atoms with Gasteiger partial charge in [0.15, 0.2) is 6.29 Å². The first-order chi connectivity index (χ1) is 14.8. The van der Waals surface area contributed by atoms with Crippen molar-refractivity contribution in [1.82, 2.24) is 15.3 Å². The summed E-state index contributed by atoms with van der Waals surface area (Å²) in [6.07, 6.45) is -1.36. The lowest BCUT2D eigenvalue weighted by Gasteiger charge is -2.01. The summed E-state index contributed by atoms with van der Waals surface area (Å²) in [6.45, 7) is -0.910. The predicted octanol–water partition coefficient (Wildman–Crippen LogP) is 5.55. The Morgan fingerprint density at radius 1 is 1.13 bits per heavy atom. The van der Waals surface area contributed by atoms with Crippen molar-refractivity contribution in [1.29, 1.82) is 0 Å². The minimum Gasteiger partial charge on any atom is -0.497 e. The first kappa shape index (κ1) is 22.5. The number of aromatic amines is 1. The highest BCUT2D eigenvalue weighted by atomic mass is 32.1. The number of benzene rings is 1. The Kier molecular flexibility index (Phi) is 7.09. The molecule has 0 aliphatic heterocycles. The van der Waals surface area contributed by atoms with Gasteiger partial charge >= 0.3 is 6.18 Å². The summed E-state index contributed by atoms with van der Waals surface area (Å²) in [4.78, 5) is 19.4. The first-order valence-corrected chi connectivity index (χ1v) is 10.1. The van der Waals surface area contributed by atoms with Gasteiger partial charge in [-0.2, -0.15) is 13.2 Å². The normalized spacial score (nSPS) is 11.1. The number of nitrogens with zero attached hydrogens (tertiary/aromatic N) is 1. The van der Waals surface area contributed by atoms with Crippen LogP contribution in [0.3, 0.4) is 0 Å². The number of halogens is 3. The number of rotatable bonds is 5. The molecule has 162 valence electrons. The lowest BCUT2D eigenvalue weighted by atomic mass is 10.1. The van der Waals surface area contributed by atoms with Crippen LogP contribution >= 0.6 is 11.3 Å². The second-order valence-corrected chi connectivity index (χ2v) is 7.52. The summed E-state index contributed by atoms with van der Waals surface area (Å²) in [7, 11) is 2.91. The molecule has 9 heteroatoms. The topological polar surface area (TPSA) is 67.0 Å². The highest BCUT2D eigenvalue weighted by Gasteiger charge is 2.24. The number of alkyl halides is 3. The molecule has 0 atom stereocenters. The van der Waals surface area contributed by atoms with Crippen LogP contribution in [0.2, 0.25) is 0 Å². The number of methoxy groups -OCH3 is 1. The largest absolute Gasteiger partial charge is 0.497 e. The minimum atomic E-state index is -4.06. The molecule has 0 fully saturated rings. The highest BCUT2D eigenvalue weighted by molar-refractivity contribution is 7.12. The molecule has 3 aromatic heterocycles. The van der Waals surface area contributed by atoms with Gasteiger partial charge in [-0.05, 0) is 66.0 Å². The van der Waals surface area contributed by atoms with Crippen molar-refractivity contribution in [3.05, 3.63) is 58.9 Å². The molecule has 0 saturated carbocycles. The smallest absolute Gasteiger partial charge is 0.401 e. The number of thiophene rings is 1. The highest BCUT2D eigenvalue weighted by Crippen LogP contribution is 2.29. The Labute approximate surface area is 180 Å². The van der Waals surface area contributed by atoms with E-state index < -0.39 is 12.7 Å². The van der Waals surface area contributed by atoms with Crippen molar-refractivity contribution in [3.8, 4) is 28.1 Å². The number of nitrogens with one attached hydrogen (secondary N) is 2. The summed E-state index contributed by atoms with van der Waals surface area (Å²) in [5.41, 5.74) is 4.96. The monoisotopic (exact) mass is 447 g/mol. The Bertz CT molecular complexity index is 1150. The quantitative estimate of drug-likeness (QED) is 0.394. The van der Waals surface area contributed by atoms with E-state index in [4.69, 9.17) is 4.74 Å². The van der Waals surface area contributed by atoms with E-state index in [1.54, 1.807) is 7.11 Å². The van der Waals surface area contributed by atoms with Crippen LogP contribution in [0.25, 0.3) is 33.4 Å². The van der Waals surface area contributed by atoms with Crippen LogP contribution in [0.1, 0.15) is 9.67 Å². The zero-order valence-electron chi connectivity index (χ0n) is 16.8. The third kappa shape index (κ3) is 5.93. The number of pyridine rings is 1. The minimum absolute atomic E-state index is 0.720. The van der Waals surface area contributed by atoms with Gasteiger partial charge in [-0.15, -0.1) is 11.3 Å². The first-order valence-electron chi connectivity index (χ1n) is 9.21. The van der Waals surface area contributed by atoms with E-state index in [1.165, 1.54) is 18.4 Å². The molecule has 0 spiro atoms. The van der Waals surface area contributed by atoms with Crippen LogP contribution in [-0.2, 0) is 0 Å². The maximum atomic E-state index is 11.0. The van der Waals surface area contributed by atoms with Crippen molar-refractivity contribution in [2.45, 2.75) is 6.18 Å². The number of H-pyrrole nitrogens is 1. The molecule has 0 saturated heterocycles. The Morgan fingerprint density at radius 2 is 1.87 bits per heavy atom. The van der Waals surface area contributed by atoms with Crippen molar-refractivity contribution >= 4 is 28.7 Å². The van der Waals surface area contributed by atoms with Crippen molar-refractivity contribution in [2.75, 3.05) is 20.7 Å². The zero-order valence-corrected chi connectivity index (χ0v) is 17.6. The van der Waals surface area contributed by atoms with Gasteiger partial charge in [-0.1, -0.05) is 0 Å². The molecule has 3 heterocycles. The van der Waals surface area contributed by atoms with Crippen LogP contribution in [-0.4, -0.2) is 43.1 Å². The van der Waals surface area contributed by atoms with E-state index in [0.29, 0.717) is 0 Å². The number of aromatic nitrogens is 2. The molecule has 1 aromatic carbocycles. The summed E-state index contributed by atoms with van der Waals surface area (Å²) < 4.78 is 38.2. The molecule has 0 unspecified atom stereocenters. The van der Waals surface area contributed by atoms with Crippen molar-refractivity contribution in [2.24, 2.45) is 0 Å². The summed E-state index contributed by atoms with van der Waals surface area (Å²) in [5.74, 6) is 0.832. The van der Waals surface area contributed by atoms with E-state index in [9.17, 15) is 18.0 Å². The number of ether oxygens (including phenoxy) is 1. The second kappa shape index (κ2) is 9.76. The molecule has 0 aliphatic rings. The van der Waals surface area contributed by atoms with Gasteiger partial charge < -0.3 is 15.0 Å². The van der Waals surface area contributed by atoms with Gasteiger partial charge in [0.25, 0.3) is 0 Å². The molecule has 31 heavy (non-hydrogen) atoms. The lowest BCUT2D eigenvalue weighted by molar-refractivity contribution is -0.123. The molecule has 0 amide bonds. The third-order valence-electron chi connectivity index (χ3n) is 4.32. The van der Waals surface area contributed by atoms with E-state index in [1.807, 2.05) is 47.2 Å². The maximum Gasteiger partial charge on any atom is 0.401 e. The van der Waals surface area contributed by atoms with E-state index >= 15 is 0 Å². The number of aldehydes is 1. The summed E-state index contributed by atoms with van der Waals surface area (Å²) >= 11 is 1.44.